The molecule has 0 spiro atoms. The van der Waals surface area contributed by atoms with Crippen molar-refractivity contribution < 1.29 is 0 Å². The predicted molar refractivity (Wildman–Crippen MR) is 72.3 cm³/mol. The standard InChI is InChI=1S/C12H20BrN3/c1-3-5-7-16(8-6-13)12-9-11(4-2)14-10-15-12/h9-10H,3-8H2,1-2H3. The number of hydrogen-bond acceptors (Lipinski definition) is 3. The molecule has 0 aliphatic heterocycles. The first-order valence-corrected chi connectivity index (χ1v) is 7.05. The Balaban J connectivity index is 2.73. The van der Waals surface area contributed by atoms with Gasteiger partial charge in [-0.1, -0.05) is 36.2 Å². The highest BCUT2D eigenvalue weighted by molar-refractivity contribution is 9.09. The van der Waals surface area contributed by atoms with Crippen LogP contribution >= 0.6 is 15.9 Å². The Labute approximate surface area is 106 Å². The third-order valence-corrected chi connectivity index (χ3v) is 2.89. The molecule has 4 heteroatoms. The molecule has 0 unspecified atom stereocenters. The molecule has 0 aliphatic rings. The lowest BCUT2D eigenvalue weighted by atomic mass is 10.3. The number of rotatable bonds is 7. The minimum Gasteiger partial charge on any atom is -0.356 e. The summed E-state index contributed by atoms with van der Waals surface area (Å²) in [5, 5.41) is 0.974. The first kappa shape index (κ1) is 13.4. The van der Waals surface area contributed by atoms with Gasteiger partial charge in [0.25, 0.3) is 0 Å². The van der Waals surface area contributed by atoms with Crippen LogP contribution in [0.5, 0.6) is 0 Å². The Morgan fingerprint density at radius 3 is 2.69 bits per heavy atom. The first-order chi connectivity index (χ1) is 7.81. The van der Waals surface area contributed by atoms with Crippen LogP contribution in [0.25, 0.3) is 0 Å². The number of aryl methyl sites for hydroxylation is 1. The highest BCUT2D eigenvalue weighted by atomic mass is 79.9. The van der Waals surface area contributed by atoms with E-state index in [1.807, 2.05) is 0 Å². The van der Waals surface area contributed by atoms with Crippen molar-refractivity contribution in [3.8, 4) is 0 Å². The average molecular weight is 286 g/mol. The fourth-order valence-corrected chi connectivity index (χ4v) is 1.97. The molecule has 1 aromatic rings. The van der Waals surface area contributed by atoms with Crippen molar-refractivity contribution in [1.82, 2.24) is 9.97 Å². The molecule has 0 bridgehead atoms. The molecule has 0 saturated heterocycles. The number of hydrogen-bond donors (Lipinski definition) is 0. The first-order valence-electron chi connectivity index (χ1n) is 5.93. The zero-order chi connectivity index (χ0) is 11.8. The molecular weight excluding hydrogens is 266 g/mol. The lowest BCUT2D eigenvalue weighted by molar-refractivity contribution is 0.725. The van der Waals surface area contributed by atoms with Crippen LogP contribution in [0.1, 0.15) is 32.4 Å². The van der Waals surface area contributed by atoms with Crippen molar-refractivity contribution in [3.63, 3.8) is 0 Å². The average Bonchev–Trinajstić information content (AvgIpc) is 2.34. The SMILES string of the molecule is CCCCN(CCBr)c1cc(CC)ncn1. The van der Waals surface area contributed by atoms with Gasteiger partial charge in [-0.15, -0.1) is 0 Å². The molecule has 1 heterocycles. The second kappa shape index (κ2) is 7.60. The molecule has 90 valence electrons. The maximum atomic E-state index is 4.35. The van der Waals surface area contributed by atoms with Crippen LogP contribution in [-0.4, -0.2) is 28.4 Å². The summed E-state index contributed by atoms with van der Waals surface area (Å²) in [6, 6.07) is 2.10. The normalized spacial score (nSPS) is 10.4. The van der Waals surface area contributed by atoms with E-state index in [0.717, 1.165) is 36.4 Å². The predicted octanol–water partition coefficient (Wildman–Crippen LogP) is 3.04. The van der Waals surface area contributed by atoms with E-state index in [9.17, 15) is 0 Å². The monoisotopic (exact) mass is 285 g/mol. The molecular formula is C12H20BrN3. The summed E-state index contributed by atoms with van der Waals surface area (Å²) in [7, 11) is 0. The quantitative estimate of drug-likeness (QED) is 0.721. The van der Waals surface area contributed by atoms with E-state index in [0.29, 0.717) is 0 Å². The molecule has 0 radical (unpaired) electrons. The van der Waals surface area contributed by atoms with E-state index in [1.165, 1.54) is 12.8 Å². The van der Waals surface area contributed by atoms with Crippen molar-refractivity contribution in [3.05, 3.63) is 18.1 Å². The van der Waals surface area contributed by atoms with Crippen molar-refractivity contribution in [1.29, 1.82) is 0 Å². The third kappa shape index (κ3) is 4.08. The van der Waals surface area contributed by atoms with Gasteiger partial charge >= 0.3 is 0 Å². The van der Waals surface area contributed by atoms with E-state index in [2.05, 4.69) is 50.7 Å². The van der Waals surface area contributed by atoms with Gasteiger partial charge in [-0.2, -0.15) is 0 Å². The van der Waals surface area contributed by atoms with E-state index in [4.69, 9.17) is 0 Å². The Morgan fingerprint density at radius 2 is 2.06 bits per heavy atom. The molecule has 0 aromatic carbocycles. The summed E-state index contributed by atoms with van der Waals surface area (Å²) in [5.41, 5.74) is 1.11. The van der Waals surface area contributed by atoms with E-state index >= 15 is 0 Å². The Hall–Kier alpha value is -0.640. The number of alkyl halides is 1. The van der Waals surface area contributed by atoms with Gasteiger partial charge in [0.1, 0.15) is 12.1 Å². The summed E-state index contributed by atoms with van der Waals surface area (Å²) >= 11 is 3.49. The van der Waals surface area contributed by atoms with E-state index in [-0.39, 0.29) is 0 Å². The van der Waals surface area contributed by atoms with Crippen LogP contribution in [0, 0.1) is 0 Å². The van der Waals surface area contributed by atoms with Crippen molar-refractivity contribution in [2.75, 3.05) is 23.3 Å². The topological polar surface area (TPSA) is 29.0 Å². The zero-order valence-electron chi connectivity index (χ0n) is 10.1. The Kier molecular flexibility index (Phi) is 6.38. The molecule has 1 aromatic heterocycles. The van der Waals surface area contributed by atoms with Crippen LogP contribution in [0.4, 0.5) is 5.82 Å². The Morgan fingerprint density at radius 1 is 1.25 bits per heavy atom. The molecule has 0 fully saturated rings. The molecule has 3 nitrogen and oxygen atoms in total. The van der Waals surface area contributed by atoms with Gasteiger partial charge in [-0.25, -0.2) is 9.97 Å². The number of aromatic nitrogens is 2. The number of unbranched alkanes of at least 4 members (excludes halogenated alkanes) is 1. The smallest absolute Gasteiger partial charge is 0.132 e. The van der Waals surface area contributed by atoms with Crippen LogP contribution in [0.2, 0.25) is 0 Å². The van der Waals surface area contributed by atoms with E-state index in [1.54, 1.807) is 6.33 Å². The summed E-state index contributed by atoms with van der Waals surface area (Å²) in [5.74, 6) is 1.06. The molecule has 0 aliphatic carbocycles. The van der Waals surface area contributed by atoms with Gasteiger partial charge < -0.3 is 4.90 Å². The molecule has 1 rings (SSSR count). The van der Waals surface area contributed by atoms with Crippen molar-refractivity contribution in [2.45, 2.75) is 33.1 Å². The van der Waals surface area contributed by atoms with E-state index < -0.39 is 0 Å². The molecule has 16 heavy (non-hydrogen) atoms. The molecule has 0 N–H and O–H groups in total. The summed E-state index contributed by atoms with van der Waals surface area (Å²) in [6.45, 7) is 6.40. The third-order valence-electron chi connectivity index (χ3n) is 2.53. The van der Waals surface area contributed by atoms with Crippen LogP contribution in [-0.2, 0) is 6.42 Å². The molecule has 0 atom stereocenters. The lowest BCUT2D eigenvalue weighted by Gasteiger charge is -2.22. The highest BCUT2D eigenvalue weighted by Crippen LogP contribution is 2.12. The second-order valence-electron chi connectivity index (χ2n) is 3.75. The molecule has 0 saturated carbocycles. The van der Waals surface area contributed by atoms with Crippen molar-refractivity contribution in [2.24, 2.45) is 0 Å². The lowest BCUT2D eigenvalue weighted by Crippen LogP contribution is -2.27. The largest absolute Gasteiger partial charge is 0.356 e. The fraction of sp³-hybridized carbons (Fsp3) is 0.667. The van der Waals surface area contributed by atoms with Crippen molar-refractivity contribution >= 4 is 21.7 Å². The highest BCUT2D eigenvalue weighted by Gasteiger charge is 2.07. The Bertz CT molecular complexity index is 304. The van der Waals surface area contributed by atoms with Crippen LogP contribution < -0.4 is 4.90 Å². The van der Waals surface area contributed by atoms with Gasteiger partial charge in [-0.05, 0) is 12.8 Å². The summed E-state index contributed by atoms with van der Waals surface area (Å²) in [6.07, 6.45) is 5.05. The maximum absolute atomic E-state index is 4.35. The summed E-state index contributed by atoms with van der Waals surface area (Å²) < 4.78 is 0. The van der Waals surface area contributed by atoms with Gasteiger partial charge in [0.2, 0.25) is 0 Å². The maximum Gasteiger partial charge on any atom is 0.132 e. The van der Waals surface area contributed by atoms with Gasteiger partial charge in [-0.3, -0.25) is 0 Å². The summed E-state index contributed by atoms with van der Waals surface area (Å²) in [4.78, 5) is 10.9. The minimum atomic E-state index is 0.964. The van der Waals surface area contributed by atoms with Gasteiger partial charge in [0.05, 0.1) is 0 Å². The van der Waals surface area contributed by atoms with Gasteiger partial charge in [0, 0.05) is 30.2 Å². The number of anilines is 1. The molecule has 0 amide bonds. The minimum absolute atomic E-state index is 0.964. The van der Waals surface area contributed by atoms with Gasteiger partial charge in [0.15, 0.2) is 0 Å². The second-order valence-corrected chi connectivity index (χ2v) is 4.54. The number of nitrogens with zero attached hydrogens (tertiary/aromatic N) is 3. The number of halogens is 1. The van der Waals surface area contributed by atoms with Crippen LogP contribution in [0.15, 0.2) is 12.4 Å². The zero-order valence-corrected chi connectivity index (χ0v) is 11.7. The van der Waals surface area contributed by atoms with Crippen LogP contribution in [0.3, 0.4) is 0 Å². The fourth-order valence-electron chi connectivity index (χ4n) is 1.54.